The summed E-state index contributed by atoms with van der Waals surface area (Å²) in [6, 6.07) is 10.1. The highest BCUT2D eigenvalue weighted by molar-refractivity contribution is 5.44. The van der Waals surface area contributed by atoms with E-state index in [1.807, 2.05) is 12.1 Å². The number of aryl methyl sites for hydroxylation is 1. The van der Waals surface area contributed by atoms with E-state index in [-0.39, 0.29) is 5.41 Å². The molecule has 0 spiro atoms. The number of rotatable bonds is 3. The number of benzene rings is 1. The van der Waals surface area contributed by atoms with Gasteiger partial charge in [-0.2, -0.15) is 0 Å². The highest BCUT2D eigenvalue weighted by Gasteiger charge is 2.19. The minimum atomic E-state index is 0.0345. The molecule has 1 heterocycles. The lowest BCUT2D eigenvalue weighted by atomic mass is 9.86. The normalized spacial score (nSPS) is 11.4. The molecule has 0 aliphatic heterocycles. The van der Waals surface area contributed by atoms with Gasteiger partial charge >= 0.3 is 0 Å². The Morgan fingerprint density at radius 1 is 1.15 bits per heavy atom. The molecule has 0 atom stereocenters. The van der Waals surface area contributed by atoms with Gasteiger partial charge in [-0.25, -0.2) is 0 Å². The molecule has 0 amide bonds. The van der Waals surface area contributed by atoms with E-state index in [2.05, 4.69) is 50.9 Å². The molecule has 2 rings (SSSR count). The predicted octanol–water partition coefficient (Wildman–Crippen LogP) is 3.94. The second kappa shape index (κ2) is 5.63. The van der Waals surface area contributed by atoms with Crippen molar-refractivity contribution >= 4 is 0 Å². The summed E-state index contributed by atoms with van der Waals surface area (Å²) in [7, 11) is 0. The van der Waals surface area contributed by atoms with Crippen LogP contribution in [-0.2, 0) is 12.0 Å². The molecule has 106 valence electrons. The van der Waals surface area contributed by atoms with Crippen LogP contribution in [0.15, 0.2) is 36.5 Å². The summed E-state index contributed by atoms with van der Waals surface area (Å²) < 4.78 is 6.06. The highest BCUT2D eigenvalue weighted by Crippen LogP contribution is 2.34. The van der Waals surface area contributed by atoms with Gasteiger partial charge in [0.15, 0.2) is 0 Å². The van der Waals surface area contributed by atoms with Crippen molar-refractivity contribution in [2.24, 2.45) is 5.73 Å². The van der Waals surface area contributed by atoms with Crippen LogP contribution in [-0.4, -0.2) is 4.98 Å². The Morgan fingerprint density at radius 3 is 2.55 bits per heavy atom. The monoisotopic (exact) mass is 270 g/mol. The first kappa shape index (κ1) is 14.5. The molecular formula is C17H22N2O. The molecule has 0 aliphatic carbocycles. The summed E-state index contributed by atoms with van der Waals surface area (Å²) in [5.74, 6) is 1.67. The lowest BCUT2D eigenvalue weighted by molar-refractivity contribution is 0.453. The zero-order valence-electron chi connectivity index (χ0n) is 12.6. The Kier molecular flexibility index (Phi) is 4.09. The van der Waals surface area contributed by atoms with Gasteiger partial charge in [-0.15, -0.1) is 0 Å². The van der Waals surface area contributed by atoms with Gasteiger partial charge in [-0.3, -0.25) is 4.98 Å². The molecule has 3 heteroatoms. The van der Waals surface area contributed by atoms with Crippen LogP contribution in [0, 0.1) is 6.92 Å². The van der Waals surface area contributed by atoms with Crippen molar-refractivity contribution in [2.45, 2.75) is 39.7 Å². The quantitative estimate of drug-likeness (QED) is 0.919. The molecule has 0 aliphatic rings. The molecule has 1 aromatic heterocycles. The van der Waals surface area contributed by atoms with Crippen molar-refractivity contribution in [3.8, 4) is 11.5 Å². The van der Waals surface area contributed by atoms with Crippen LogP contribution in [0.5, 0.6) is 11.5 Å². The second-order valence-electron chi connectivity index (χ2n) is 6.04. The Morgan fingerprint density at radius 2 is 1.90 bits per heavy atom. The first-order valence-corrected chi connectivity index (χ1v) is 6.84. The number of hydrogen-bond donors (Lipinski definition) is 1. The van der Waals surface area contributed by atoms with Crippen LogP contribution in [0.25, 0.3) is 0 Å². The molecule has 0 saturated heterocycles. The first-order chi connectivity index (χ1) is 9.40. The van der Waals surface area contributed by atoms with Gasteiger partial charge in [-0.05, 0) is 30.0 Å². The summed E-state index contributed by atoms with van der Waals surface area (Å²) in [5.41, 5.74) is 8.85. The molecule has 2 N–H and O–H groups in total. The Hall–Kier alpha value is -1.87. The zero-order valence-corrected chi connectivity index (χ0v) is 12.6. The molecule has 0 fully saturated rings. The fourth-order valence-corrected chi connectivity index (χ4v) is 2.09. The van der Waals surface area contributed by atoms with Gasteiger partial charge in [-0.1, -0.05) is 32.9 Å². The van der Waals surface area contributed by atoms with E-state index in [0.717, 1.165) is 17.2 Å². The third-order valence-electron chi connectivity index (χ3n) is 3.17. The van der Waals surface area contributed by atoms with E-state index >= 15 is 0 Å². The largest absolute Gasteiger partial charge is 0.457 e. The second-order valence-corrected chi connectivity index (χ2v) is 6.04. The minimum absolute atomic E-state index is 0.0345. The molecule has 0 saturated carbocycles. The van der Waals surface area contributed by atoms with Crippen LogP contribution in [0.2, 0.25) is 0 Å². The van der Waals surface area contributed by atoms with Gasteiger partial charge in [0.25, 0.3) is 0 Å². The highest BCUT2D eigenvalue weighted by atomic mass is 16.5. The van der Waals surface area contributed by atoms with E-state index in [1.54, 1.807) is 6.20 Å². The van der Waals surface area contributed by atoms with Gasteiger partial charge in [0.05, 0.1) is 5.69 Å². The molecule has 0 radical (unpaired) electrons. The van der Waals surface area contributed by atoms with Gasteiger partial charge < -0.3 is 10.5 Å². The zero-order chi connectivity index (χ0) is 14.8. The number of nitrogens with two attached hydrogens (primary N) is 1. The van der Waals surface area contributed by atoms with Crippen molar-refractivity contribution in [3.63, 3.8) is 0 Å². The Balaban J connectivity index is 2.39. The van der Waals surface area contributed by atoms with E-state index in [4.69, 9.17) is 10.5 Å². The molecule has 0 bridgehead atoms. The summed E-state index contributed by atoms with van der Waals surface area (Å²) >= 11 is 0. The maximum absolute atomic E-state index is 6.06. The molecule has 1 aromatic carbocycles. The topological polar surface area (TPSA) is 48.1 Å². The molecule has 3 nitrogen and oxygen atoms in total. The van der Waals surface area contributed by atoms with Crippen molar-refractivity contribution in [2.75, 3.05) is 0 Å². The number of nitrogens with zero attached hydrogens (tertiary/aromatic N) is 1. The fourth-order valence-electron chi connectivity index (χ4n) is 2.09. The third-order valence-corrected chi connectivity index (χ3v) is 3.17. The van der Waals surface area contributed by atoms with E-state index in [0.29, 0.717) is 6.54 Å². The van der Waals surface area contributed by atoms with E-state index in [1.165, 1.54) is 11.1 Å². The SMILES string of the molecule is Cc1ccc(C(C)(C)C)c(Oc2ccnc(CN)c2)c1. The Bertz CT molecular complexity index is 600. The summed E-state index contributed by atoms with van der Waals surface area (Å²) in [4.78, 5) is 4.18. The molecule has 20 heavy (non-hydrogen) atoms. The van der Waals surface area contributed by atoms with E-state index < -0.39 is 0 Å². The fraction of sp³-hybridized carbons (Fsp3) is 0.353. The molecule has 2 aromatic rings. The van der Waals surface area contributed by atoms with Crippen LogP contribution >= 0.6 is 0 Å². The summed E-state index contributed by atoms with van der Waals surface area (Å²) in [6.07, 6.45) is 1.73. The van der Waals surface area contributed by atoms with Gasteiger partial charge in [0, 0.05) is 24.4 Å². The van der Waals surface area contributed by atoms with Crippen LogP contribution in [0.1, 0.15) is 37.6 Å². The average molecular weight is 270 g/mol. The Labute approximate surface area is 120 Å². The van der Waals surface area contributed by atoms with Gasteiger partial charge in [0.2, 0.25) is 0 Å². The van der Waals surface area contributed by atoms with Crippen LogP contribution < -0.4 is 10.5 Å². The predicted molar refractivity (Wildman–Crippen MR) is 82.1 cm³/mol. The summed E-state index contributed by atoms with van der Waals surface area (Å²) in [6.45, 7) is 9.03. The minimum Gasteiger partial charge on any atom is -0.457 e. The smallest absolute Gasteiger partial charge is 0.131 e. The lowest BCUT2D eigenvalue weighted by Gasteiger charge is -2.23. The van der Waals surface area contributed by atoms with Crippen LogP contribution in [0.4, 0.5) is 0 Å². The summed E-state index contributed by atoms with van der Waals surface area (Å²) in [5, 5.41) is 0. The number of ether oxygens (including phenoxy) is 1. The molecule has 0 unspecified atom stereocenters. The number of aromatic nitrogens is 1. The van der Waals surface area contributed by atoms with E-state index in [9.17, 15) is 0 Å². The third kappa shape index (κ3) is 3.36. The van der Waals surface area contributed by atoms with Gasteiger partial charge in [0.1, 0.15) is 11.5 Å². The van der Waals surface area contributed by atoms with Crippen LogP contribution in [0.3, 0.4) is 0 Å². The maximum atomic E-state index is 6.06. The van der Waals surface area contributed by atoms with Crippen molar-refractivity contribution in [1.82, 2.24) is 4.98 Å². The first-order valence-electron chi connectivity index (χ1n) is 6.84. The van der Waals surface area contributed by atoms with Crippen molar-refractivity contribution in [1.29, 1.82) is 0 Å². The standard InChI is InChI=1S/C17H22N2O/c1-12-5-6-15(17(2,3)4)16(9-12)20-14-7-8-19-13(10-14)11-18/h5-10H,11,18H2,1-4H3. The lowest BCUT2D eigenvalue weighted by Crippen LogP contribution is -2.12. The molecular weight excluding hydrogens is 248 g/mol. The van der Waals surface area contributed by atoms with Crippen molar-refractivity contribution in [3.05, 3.63) is 53.3 Å². The number of hydrogen-bond acceptors (Lipinski definition) is 3. The number of pyridine rings is 1. The maximum Gasteiger partial charge on any atom is 0.131 e. The van der Waals surface area contributed by atoms with Crippen molar-refractivity contribution < 1.29 is 4.74 Å². The average Bonchev–Trinajstić information content (AvgIpc) is 2.37.